The average molecular weight is 293 g/mol. The second-order valence-corrected chi connectivity index (χ2v) is 6.36. The van der Waals surface area contributed by atoms with Gasteiger partial charge in [0.1, 0.15) is 0 Å². The molecule has 0 atom stereocenters. The Labute approximate surface area is 133 Å². The number of para-hydroxylation sites is 2. The molecule has 0 radical (unpaired) electrons. The monoisotopic (exact) mass is 293 g/mol. The third kappa shape index (κ3) is 2.90. The fraction of sp³-hybridized carbons (Fsp3) is 0.429. The van der Waals surface area contributed by atoms with Crippen LogP contribution in [0.3, 0.4) is 0 Å². The minimum atomic E-state index is 0.915. The first kappa shape index (κ1) is 15.1. The lowest BCUT2D eigenvalue weighted by atomic mass is 9.97. The van der Waals surface area contributed by atoms with E-state index in [0.717, 1.165) is 12.5 Å². The van der Waals surface area contributed by atoms with E-state index in [4.69, 9.17) is 0 Å². The highest BCUT2D eigenvalue weighted by Gasteiger charge is 2.09. The number of hydrogen-bond donors (Lipinski definition) is 0. The lowest BCUT2D eigenvalue weighted by Crippen LogP contribution is -2.00. The van der Waals surface area contributed by atoms with Crippen molar-refractivity contribution in [1.29, 1.82) is 0 Å². The number of unbranched alkanes of at least 4 members (excludes halogenated alkanes) is 1. The van der Waals surface area contributed by atoms with E-state index >= 15 is 0 Å². The lowest BCUT2D eigenvalue weighted by Gasteiger charge is -2.12. The van der Waals surface area contributed by atoms with Crippen molar-refractivity contribution in [3.63, 3.8) is 0 Å². The Hall–Kier alpha value is -1.76. The first-order valence-corrected chi connectivity index (χ1v) is 8.81. The summed E-state index contributed by atoms with van der Waals surface area (Å²) in [6.45, 7) is 5.77. The van der Waals surface area contributed by atoms with E-state index in [0.29, 0.717) is 0 Å². The fourth-order valence-corrected chi connectivity index (χ4v) is 3.64. The van der Waals surface area contributed by atoms with Crippen LogP contribution in [0.25, 0.3) is 21.8 Å². The molecule has 3 rings (SSSR count). The maximum absolute atomic E-state index is 2.51. The molecular formula is C21H27N. The van der Waals surface area contributed by atoms with E-state index in [9.17, 15) is 0 Å². The third-order valence-electron chi connectivity index (χ3n) is 5.08. The van der Waals surface area contributed by atoms with Crippen LogP contribution in [-0.4, -0.2) is 4.57 Å². The molecule has 0 bridgehead atoms. The predicted molar refractivity (Wildman–Crippen MR) is 97.4 cm³/mol. The van der Waals surface area contributed by atoms with Gasteiger partial charge < -0.3 is 4.57 Å². The molecule has 0 saturated carbocycles. The third-order valence-corrected chi connectivity index (χ3v) is 5.08. The van der Waals surface area contributed by atoms with Gasteiger partial charge in [0.05, 0.1) is 0 Å². The van der Waals surface area contributed by atoms with Gasteiger partial charge >= 0.3 is 0 Å². The van der Waals surface area contributed by atoms with E-state index in [1.54, 1.807) is 0 Å². The summed E-state index contributed by atoms with van der Waals surface area (Å²) in [5.41, 5.74) is 2.76. The average Bonchev–Trinajstić information content (AvgIpc) is 2.89. The number of fused-ring (bicyclic) bond motifs is 3. The van der Waals surface area contributed by atoms with Gasteiger partial charge in [-0.25, -0.2) is 0 Å². The molecule has 0 amide bonds. The Morgan fingerprint density at radius 3 is 1.86 bits per heavy atom. The summed E-state index contributed by atoms with van der Waals surface area (Å²) in [5.74, 6) is 0.915. The maximum Gasteiger partial charge on any atom is 0.0491 e. The molecule has 1 heteroatoms. The predicted octanol–water partition coefficient (Wildman–Crippen LogP) is 6.40. The highest BCUT2D eigenvalue weighted by atomic mass is 15.0. The zero-order chi connectivity index (χ0) is 15.4. The first-order valence-electron chi connectivity index (χ1n) is 8.81. The maximum atomic E-state index is 2.51. The minimum absolute atomic E-state index is 0.915. The molecule has 0 N–H and O–H groups in total. The van der Waals surface area contributed by atoms with Crippen LogP contribution >= 0.6 is 0 Å². The van der Waals surface area contributed by atoms with Gasteiger partial charge in [0.15, 0.2) is 0 Å². The molecule has 1 aromatic heterocycles. The number of hydrogen-bond acceptors (Lipinski definition) is 0. The normalized spacial score (nSPS) is 11.8. The minimum Gasteiger partial charge on any atom is -0.340 e. The molecule has 0 aliphatic heterocycles. The topological polar surface area (TPSA) is 4.93 Å². The number of benzene rings is 2. The number of aryl methyl sites for hydroxylation is 1. The van der Waals surface area contributed by atoms with Crippen molar-refractivity contribution in [2.24, 2.45) is 5.92 Å². The highest BCUT2D eigenvalue weighted by Crippen LogP contribution is 2.29. The first-order chi connectivity index (χ1) is 10.8. The van der Waals surface area contributed by atoms with Crippen molar-refractivity contribution >= 4 is 21.8 Å². The van der Waals surface area contributed by atoms with Crippen LogP contribution in [0.5, 0.6) is 0 Å². The molecule has 0 aliphatic carbocycles. The van der Waals surface area contributed by atoms with E-state index in [2.05, 4.69) is 66.9 Å². The molecule has 0 unspecified atom stereocenters. The molecule has 1 heterocycles. The van der Waals surface area contributed by atoms with Crippen molar-refractivity contribution in [3.8, 4) is 0 Å². The van der Waals surface area contributed by atoms with E-state index < -0.39 is 0 Å². The van der Waals surface area contributed by atoms with Crippen molar-refractivity contribution in [1.82, 2.24) is 4.57 Å². The summed E-state index contributed by atoms with van der Waals surface area (Å²) >= 11 is 0. The molecule has 0 fully saturated rings. The van der Waals surface area contributed by atoms with Gasteiger partial charge in [-0.15, -0.1) is 0 Å². The molecule has 2 aromatic carbocycles. The fourth-order valence-electron chi connectivity index (χ4n) is 3.64. The number of nitrogens with zero attached hydrogens (tertiary/aromatic N) is 1. The second kappa shape index (κ2) is 7.00. The highest BCUT2D eigenvalue weighted by molar-refractivity contribution is 6.07. The molecule has 116 valence electrons. The molecule has 1 nitrogen and oxygen atoms in total. The van der Waals surface area contributed by atoms with E-state index in [1.807, 2.05) is 0 Å². The van der Waals surface area contributed by atoms with Crippen molar-refractivity contribution in [3.05, 3.63) is 48.5 Å². The van der Waals surface area contributed by atoms with Gasteiger partial charge in [0.25, 0.3) is 0 Å². The second-order valence-electron chi connectivity index (χ2n) is 6.36. The zero-order valence-electron chi connectivity index (χ0n) is 13.9. The van der Waals surface area contributed by atoms with Gasteiger partial charge in [-0.1, -0.05) is 75.9 Å². The summed E-state index contributed by atoms with van der Waals surface area (Å²) in [7, 11) is 0. The van der Waals surface area contributed by atoms with E-state index in [1.165, 1.54) is 53.9 Å². The Kier molecular flexibility index (Phi) is 4.82. The quantitative estimate of drug-likeness (QED) is 0.444. The standard InChI is InChI=1S/C21H27N/c1-3-17(4-2)11-9-10-16-22-20-14-7-5-12-18(20)19-13-6-8-15-21(19)22/h5-8,12-15,17H,3-4,9-11,16H2,1-2H3. The van der Waals surface area contributed by atoms with Crippen LogP contribution in [0.4, 0.5) is 0 Å². The van der Waals surface area contributed by atoms with Crippen LogP contribution in [0.2, 0.25) is 0 Å². The van der Waals surface area contributed by atoms with Gasteiger partial charge in [0.2, 0.25) is 0 Å². The molecular weight excluding hydrogens is 266 g/mol. The summed E-state index contributed by atoms with van der Waals surface area (Å²) in [5, 5.41) is 2.77. The molecule has 0 saturated heterocycles. The van der Waals surface area contributed by atoms with Crippen molar-refractivity contribution < 1.29 is 0 Å². The van der Waals surface area contributed by atoms with Crippen LogP contribution in [-0.2, 0) is 6.54 Å². The zero-order valence-corrected chi connectivity index (χ0v) is 13.9. The Balaban J connectivity index is 1.80. The van der Waals surface area contributed by atoms with Gasteiger partial charge in [-0.2, -0.15) is 0 Å². The molecule has 0 aliphatic rings. The molecule has 0 spiro atoms. The Bertz CT molecular complexity index is 681. The number of aromatic nitrogens is 1. The Morgan fingerprint density at radius 1 is 0.773 bits per heavy atom. The summed E-state index contributed by atoms with van der Waals surface area (Å²) < 4.78 is 2.51. The molecule has 22 heavy (non-hydrogen) atoms. The van der Waals surface area contributed by atoms with Crippen LogP contribution < -0.4 is 0 Å². The SMILES string of the molecule is CCC(CC)CCCCn1c2ccccc2c2ccccc21. The van der Waals surface area contributed by atoms with Gasteiger partial charge in [-0.05, 0) is 24.5 Å². The number of rotatable bonds is 7. The van der Waals surface area contributed by atoms with Crippen LogP contribution in [0.1, 0.15) is 46.0 Å². The summed E-state index contributed by atoms with van der Waals surface area (Å²) in [6, 6.07) is 17.6. The van der Waals surface area contributed by atoms with Gasteiger partial charge in [0, 0.05) is 28.4 Å². The van der Waals surface area contributed by atoms with Crippen LogP contribution in [0, 0.1) is 5.92 Å². The smallest absolute Gasteiger partial charge is 0.0491 e. The van der Waals surface area contributed by atoms with Crippen molar-refractivity contribution in [2.45, 2.75) is 52.5 Å². The van der Waals surface area contributed by atoms with Crippen LogP contribution in [0.15, 0.2) is 48.5 Å². The molecule has 3 aromatic rings. The van der Waals surface area contributed by atoms with E-state index in [-0.39, 0.29) is 0 Å². The van der Waals surface area contributed by atoms with Gasteiger partial charge in [-0.3, -0.25) is 0 Å². The largest absolute Gasteiger partial charge is 0.340 e. The van der Waals surface area contributed by atoms with Crippen molar-refractivity contribution in [2.75, 3.05) is 0 Å². The lowest BCUT2D eigenvalue weighted by molar-refractivity contribution is 0.426. The Morgan fingerprint density at radius 2 is 1.32 bits per heavy atom. The summed E-state index contributed by atoms with van der Waals surface area (Å²) in [4.78, 5) is 0. The summed E-state index contributed by atoms with van der Waals surface area (Å²) in [6.07, 6.45) is 6.65.